The van der Waals surface area contributed by atoms with Crippen LogP contribution in [-0.2, 0) is 13.2 Å². The van der Waals surface area contributed by atoms with Crippen molar-refractivity contribution in [1.82, 2.24) is 39.7 Å². The van der Waals surface area contributed by atoms with Crippen molar-refractivity contribution in [2.24, 2.45) is 0 Å². The van der Waals surface area contributed by atoms with Crippen molar-refractivity contribution in [3.8, 4) is 110 Å². The molecule has 0 atom stereocenters. The molecule has 13 aromatic carbocycles. The zero-order valence-electron chi connectivity index (χ0n) is 64.1. The molecular weight excluding hydrogens is 1470 g/mol. The van der Waals surface area contributed by atoms with Crippen molar-refractivity contribution in [3.05, 3.63) is 385 Å². The number of rotatable bonds is 29. The molecule has 21 heteroatoms. The first kappa shape index (κ1) is 77.8. The van der Waals surface area contributed by atoms with Gasteiger partial charge in [0.15, 0.2) is 5.78 Å². The third-order valence-corrected chi connectivity index (χ3v) is 17.6. The van der Waals surface area contributed by atoms with E-state index in [0.717, 1.165) is 61.8 Å². The van der Waals surface area contributed by atoms with Crippen LogP contribution in [0, 0.1) is 0 Å². The Labute approximate surface area is 676 Å². The Bertz CT molecular complexity index is 5470. The molecule has 0 spiro atoms. The topological polar surface area (TPSA) is 229 Å². The zero-order chi connectivity index (χ0) is 80.2. The molecule has 0 aliphatic heterocycles. The molecule has 0 bridgehead atoms. The van der Waals surface area contributed by atoms with Gasteiger partial charge in [-0.25, -0.2) is 4.68 Å². The number of aromatic nitrogens is 8. The second-order valence-electron chi connectivity index (χ2n) is 25.7. The molecule has 0 amide bonds. The first-order valence-electron chi connectivity index (χ1n) is 37.2. The predicted molar refractivity (Wildman–Crippen MR) is 453 cm³/mol. The van der Waals surface area contributed by atoms with E-state index < -0.39 is 0 Å². The molecule has 16 aromatic rings. The quantitative estimate of drug-likeness (QED) is 0.0328. The molecule has 16 rings (SSSR count). The number of hydrogen-bond donors (Lipinski definition) is 2. The Balaban J connectivity index is 0.000000173. The van der Waals surface area contributed by atoms with Crippen molar-refractivity contribution in [2.45, 2.75) is 13.2 Å². The van der Waals surface area contributed by atoms with Gasteiger partial charge < -0.3 is 58.0 Å². The van der Waals surface area contributed by atoms with Crippen LogP contribution in [0.5, 0.6) is 81.5 Å². The van der Waals surface area contributed by atoms with Crippen molar-refractivity contribution >= 4 is 41.2 Å². The maximum absolute atomic E-state index is 13.0. The van der Waals surface area contributed by atoms with Gasteiger partial charge in [-0.1, -0.05) is 206 Å². The van der Waals surface area contributed by atoms with Gasteiger partial charge in [0.05, 0.1) is 51.1 Å². The number of benzene rings is 13. The van der Waals surface area contributed by atoms with Crippen molar-refractivity contribution in [1.29, 1.82) is 0 Å². The number of para-hydroxylation sites is 1. The SMILES string of the molecule is COc1ccc(Oc2nc(Nc3ccc(C=Cc4ccc(Nc5nc(Oc6ccc(OC)cc6)nc(Oc6ccc(OC)cc6)n5)cc4)cc3)nc(Oc3ccc(OC)cc3)n2)cc1.O=C(c1ccccc1)c1ccc(OCc2ccccc2)cc1OCc1ccccc1.c1ccc(-c2cc(-c3ccccc3)n(-c3ccccc3)n2)cc1. The summed E-state index contributed by atoms with van der Waals surface area (Å²) in [4.78, 5) is 39.7. The average Bonchev–Trinajstić information content (AvgIpc) is 1.79. The van der Waals surface area contributed by atoms with Crippen LogP contribution in [-0.4, -0.2) is 73.9 Å². The van der Waals surface area contributed by atoms with Gasteiger partial charge in [-0.05, 0) is 174 Å². The molecule has 3 heterocycles. The molecule has 0 aliphatic carbocycles. The van der Waals surface area contributed by atoms with Gasteiger partial charge >= 0.3 is 24.0 Å². The van der Waals surface area contributed by atoms with E-state index in [1.807, 2.05) is 205 Å². The van der Waals surface area contributed by atoms with E-state index >= 15 is 0 Å². The number of nitrogens with zero attached hydrogens (tertiary/aromatic N) is 8. The Morgan fingerprint density at radius 1 is 0.333 bits per heavy atom. The summed E-state index contributed by atoms with van der Waals surface area (Å²) < 4.78 is 58.9. The molecule has 0 radical (unpaired) electrons. The molecule has 0 saturated heterocycles. The Hall–Kier alpha value is -15.9. The summed E-state index contributed by atoms with van der Waals surface area (Å²) in [6.07, 6.45) is 4.02. The summed E-state index contributed by atoms with van der Waals surface area (Å²) >= 11 is 0. The van der Waals surface area contributed by atoms with E-state index in [2.05, 4.69) is 95.1 Å². The lowest BCUT2D eigenvalue weighted by Crippen LogP contribution is -2.06. The lowest BCUT2D eigenvalue weighted by atomic mass is 10.0. The standard InChI is InChI=1S/C48H40N8O8.C27H22O3.C21H16N2/c1-57-35-15-23-39(24-16-35)61-45-51-43(52-46(55-45)62-40-25-17-36(58-2)18-26-40)49-33-11-7-31(8-12-33)5-6-32-9-13-34(14-10-32)50-44-53-47(63-41-27-19-37(59-3)20-28-41)56-48(54-44)64-42-29-21-38(60-4)22-30-42;28-27(23-14-8-3-9-15-23)25-17-16-24(29-19-21-10-4-1-5-11-21)18-26(25)30-20-22-12-6-2-7-13-22;1-4-10-17(11-5-1)20-16-21(18-12-6-2-7-13-18)23(22-20)19-14-8-3-9-15-19/h5-30H,1-4H3,(H,49,51,52,55)(H,50,53,54,56);1-18H,19-20H2;1-16H. The minimum absolute atomic E-state index is 0.0345. The average molecular weight is 1550 g/mol. The van der Waals surface area contributed by atoms with Crippen LogP contribution in [0.3, 0.4) is 0 Å². The van der Waals surface area contributed by atoms with Gasteiger partial charge in [-0.3, -0.25) is 4.79 Å². The summed E-state index contributed by atoms with van der Waals surface area (Å²) in [6, 6.07) is 111. The molecule has 0 saturated carbocycles. The molecule has 0 fully saturated rings. The number of methoxy groups -OCH3 is 4. The summed E-state index contributed by atoms with van der Waals surface area (Å²) in [5, 5.41) is 11.3. The molecule has 3 aromatic heterocycles. The predicted octanol–water partition coefficient (Wildman–Crippen LogP) is 22.2. The largest absolute Gasteiger partial charge is 0.497 e. The lowest BCUT2D eigenvalue weighted by molar-refractivity contribution is 0.103. The number of anilines is 4. The number of carbonyl (C=O) groups excluding carboxylic acids is 1. The third-order valence-electron chi connectivity index (χ3n) is 17.6. The van der Waals surface area contributed by atoms with Crippen LogP contribution in [0.15, 0.2) is 352 Å². The van der Waals surface area contributed by atoms with E-state index in [-0.39, 0.29) is 41.7 Å². The van der Waals surface area contributed by atoms with Gasteiger partial charge in [-0.2, -0.15) is 25.0 Å². The van der Waals surface area contributed by atoms with Crippen LogP contribution in [0.2, 0.25) is 0 Å². The maximum Gasteiger partial charge on any atom is 0.330 e. The highest BCUT2D eigenvalue weighted by Gasteiger charge is 2.19. The van der Waals surface area contributed by atoms with Gasteiger partial charge in [0.25, 0.3) is 0 Å². The smallest absolute Gasteiger partial charge is 0.330 e. The van der Waals surface area contributed by atoms with Crippen molar-refractivity contribution in [2.75, 3.05) is 39.1 Å². The van der Waals surface area contributed by atoms with Crippen LogP contribution in [0.1, 0.15) is 38.2 Å². The summed E-state index contributed by atoms with van der Waals surface area (Å²) in [7, 11) is 6.39. The van der Waals surface area contributed by atoms with E-state index in [9.17, 15) is 4.79 Å². The highest BCUT2D eigenvalue weighted by Crippen LogP contribution is 2.34. The first-order chi connectivity index (χ1) is 57.6. The van der Waals surface area contributed by atoms with Crippen molar-refractivity contribution in [3.63, 3.8) is 0 Å². The van der Waals surface area contributed by atoms with Gasteiger partial charge in [-0.15, -0.1) is 9.97 Å². The minimum Gasteiger partial charge on any atom is -0.497 e. The summed E-state index contributed by atoms with van der Waals surface area (Å²) in [5.74, 6) is 6.33. The molecule has 578 valence electrons. The van der Waals surface area contributed by atoms with E-state index in [0.29, 0.717) is 81.8 Å². The molecular formula is C96H78N10O11. The molecule has 2 N–H and O–H groups in total. The Kier molecular flexibility index (Phi) is 26.2. The summed E-state index contributed by atoms with van der Waals surface area (Å²) in [5.41, 5.74) is 12.1. The lowest BCUT2D eigenvalue weighted by Gasteiger charge is -2.14. The van der Waals surface area contributed by atoms with Crippen molar-refractivity contribution < 1.29 is 52.2 Å². The Morgan fingerprint density at radius 2 is 0.675 bits per heavy atom. The maximum atomic E-state index is 13.0. The number of hydrogen-bond acceptors (Lipinski definition) is 20. The monoisotopic (exact) mass is 1550 g/mol. The Morgan fingerprint density at radius 3 is 1.07 bits per heavy atom. The molecule has 0 aliphatic rings. The zero-order valence-corrected chi connectivity index (χ0v) is 64.1. The number of carbonyl (C=O) groups is 1. The second-order valence-corrected chi connectivity index (χ2v) is 25.7. The normalized spacial score (nSPS) is 10.6. The number of nitrogens with one attached hydrogen (secondary N) is 2. The van der Waals surface area contributed by atoms with Gasteiger partial charge in [0, 0.05) is 34.1 Å². The summed E-state index contributed by atoms with van der Waals surface area (Å²) in [6.45, 7) is 0.822. The number of ether oxygens (including phenoxy) is 10. The molecule has 21 nitrogen and oxygen atoms in total. The fraction of sp³-hybridized carbons (Fsp3) is 0.0625. The van der Waals surface area contributed by atoms with Crippen LogP contribution >= 0.6 is 0 Å². The van der Waals surface area contributed by atoms with Crippen LogP contribution in [0.4, 0.5) is 23.3 Å². The fourth-order valence-electron chi connectivity index (χ4n) is 11.6. The van der Waals surface area contributed by atoms with Gasteiger partial charge in [0.1, 0.15) is 70.7 Å². The molecule has 117 heavy (non-hydrogen) atoms. The van der Waals surface area contributed by atoms with E-state index in [4.69, 9.17) is 52.5 Å². The highest BCUT2D eigenvalue weighted by atomic mass is 16.5. The van der Waals surface area contributed by atoms with Crippen LogP contribution < -0.4 is 58.0 Å². The third kappa shape index (κ3) is 22.2. The minimum atomic E-state index is -0.0757. The fourth-order valence-corrected chi connectivity index (χ4v) is 11.6. The van der Waals surface area contributed by atoms with Crippen LogP contribution in [0.25, 0.3) is 40.4 Å². The van der Waals surface area contributed by atoms with Gasteiger partial charge in [0.2, 0.25) is 11.9 Å². The second kappa shape index (κ2) is 39.3. The number of ketones is 1. The van der Waals surface area contributed by atoms with E-state index in [1.165, 1.54) is 0 Å². The first-order valence-corrected chi connectivity index (χ1v) is 37.2. The highest BCUT2D eigenvalue weighted by molar-refractivity contribution is 6.10. The van der Waals surface area contributed by atoms with E-state index in [1.54, 1.807) is 138 Å². The molecule has 0 unspecified atom stereocenters.